The highest BCUT2D eigenvalue weighted by Crippen LogP contribution is 2.30. The van der Waals surface area contributed by atoms with Gasteiger partial charge in [-0.25, -0.2) is 9.97 Å². The van der Waals surface area contributed by atoms with Crippen LogP contribution in [0.15, 0.2) is 12.3 Å². The molecule has 2 aliphatic rings. The van der Waals surface area contributed by atoms with E-state index in [1.165, 1.54) is 0 Å². The highest BCUT2D eigenvalue weighted by molar-refractivity contribution is 5.79. The molecule has 2 fully saturated rings. The van der Waals surface area contributed by atoms with Gasteiger partial charge in [-0.1, -0.05) is 0 Å². The van der Waals surface area contributed by atoms with E-state index in [4.69, 9.17) is 5.26 Å². The number of nitrogens with one attached hydrogen (secondary N) is 1. The third-order valence-corrected chi connectivity index (χ3v) is 4.30. The van der Waals surface area contributed by atoms with Crippen molar-refractivity contribution in [2.24, 2.45) is 5.92 Å². The summed E-state index contributed by atoms with van der Waals surface area (Å²) in [7, 11) is 0. The van der Waals surface area contributed by atoms with Gasteiger partial charge in [-0.2, -0.15) is 5.26 Å². The molecule has 1 saturated carbocycles. The number of nitrogens with zero attached hydrogens (tertiary/aromatic N) is 4. The van der Waals surface area contributed by atoms with Crippen LogP contribution in [-0.4, -0.2) is 39.9 Å². The summed E-state index contributed by atoms with van der Waals surface area (Å²) in [4.78, 5) is 22.6. The van der Waals surface area contributed by atoms with Crippen LogP contribution in [0.4, 0.5) is 5.95 Å². The van der Waals surface area contributed by atoms with Gasteiger partial charge >= 0.3 is 0 Å². The number of hydrogen-bond donors (Lipinski definition) is 1. The maximum Gasteiger partial charge on any atom is 0.225 e. The predicted molar refractivity (Wildman–Crippen MR) is 77.3 cm³/mol. The number of rotatable bonds is 3. The zero-order valence-electron chi connectivity index (χ0n) is 12.0. The quantitative estimate of drug-likeness (QED) is 0.911. The Bertz CT molecular complexity index is 561. The molecule has 1 saturated heterocycles. The molecule has 1 N–H and O–H groups in total. The fourth-order valence-electron chi connectivity index (χ4n) is 3.21. The zero-order valence-corrected chi connectivity index (χ0v) is 12.0. The number of amides is 1. The van der Waals surface area contributed by atoms with Gasteiger partial charge < -0.3 is 10.2 Å². The Morgan fingerprint density at radius 2 is 2.19 bits per heavy atom. The van der Waals surface area contributed by atoms with Gasteiger partial charge in [0.2, 0.25) is 11.9 Å². The number of carbonyl (C=O) groups excluding carboxylic acids is 1. The molecule has 1 aromatic heterocycles. The molecule has 21 heavy (non-hydrogen) atoms. The van der Waals surface area contributed by atoms with Crippen LogP contribution in [0.5, 0.6) is 0 Å². The van der Waals surface area contributed by atoms with Crippen molar-refractivity contribution in [3.8, 4) is 6.07 Å². The molecule has 0 unspecified atom stereocenters. The Balaban J connectivity index is 1.57. The Morgan fingerprint density at radius 3 is 2.95 bits per heavy atom. The molecular formula is C15H19N5O. The maximum atomic E-state index is 12.4. The van der Waals surface area contributed by atoms with Crippen LogP contribution >= 0.6 is 0 Å². The Hall–Kier alpha value is -2.16. The van der Waals surface area contributed by atoms with Gasteiger partial charge in [-0.05, 0) is 38.2 Å². The molecule has 1 aliphatic heterocycles. The minimum atomic E-state index is 0.125. The fraction of sp³-hybridized carbons (Fsp3) is 0.600. The van der Waals surface area contributed by atoms with Crippen molar-refractivity contribution in [2.45, 2.75) is 38.1 Å². The van der Waals surface area contributed by atoms with Gasteiger partial charge in [-0.3, -0.25) is 4.79 Å². The highest BCUT2D eigenvalue weighted by Gasteiger charge is 2.33. The average molecular weight is 285 g/mol. The first-order chi connectivity index (χ1) is 10.3. The molecule has 0 aromatic carbocycles. The number of nitriles is 1. The monoisotopic (exact) mass is 285 g/mol. The third-order valence-electron chi connectivity index (χ3n) is 4.30. The van der Waals surface area contributed by atoms with Crippen molar-refractivity contribution >= 4 is 11.9 Å². The van der Waals surface area contributed by atoms with Crippen LogP contribution in [0, 0.1) is 17.2 Å². The number of hydrogen-bond acceptors (Lipinski definition) is 5. The van der Waals surface area contributed by atoms with Gasteiger partial charge in [-0.15, -0.1) is 0 Å². The van der Waals surface area contributed by atoms with E-state index < -0.39 is 0 Å². The van der Waals surface area contributed by atoms with E-state index in [1.54, 1.807) is 12.3 Å². The van der Waals surface area contributed by atoms with E-state index >= 15 is 0 Å². The molecule has 110 valence electrons. The Kier molecular flexibility index (Phi) is 4.00. The van der Waals surface area contributed by atoms with Crippen molar-refractivity contribution in [1.82, 2.24) is 14.9 Å². The summed E-state index contributed by atoms with van der Waals surface area (Å²) >= 11 is 0. The summed E-state index contributed by atoms with van der Waals surface area (Å²) in [6, 6.07) is 3.81. The second-order valence-corrected chi connectivity index (χ2v) is 5.76. The van der Waals surface area contributed by atoms with Crippen LogP contribution in [0.2, 0.25) is 0 Å². The maximum absolute atomic E-state index is 12.4. The molecule has 0 radical (unpaired) electrons. The van der Waals surface area contributed by atoms with Crippen LogP contribution in [-0.2, 0) is 4.79 Å². The fourth-order valence-corrected chi connectivity index (χ4v) is 3.21. The summed E-state index contributed by atoms with van der Waals surface area (Å²) in [6.07, 6.45) is 6.55. The number of aromatic nitrogens is 2. The van der Waals surface area contributed by atoms with Crippen LogP contribution in [0.25, 0.3) is 0 Å². The highest BCUT2D eigenvalue weighted by atomic mass is 16.2. The molecule has 1 aliphatic carbocycles. The van der Waals surface area contributed by atoms with Gasteiger partial charge in [0, 0.05) is 31.2 Å². The standard InChI is InChI=1S/C15H19N5O/c16-10-13-5-6-17-15(19-13)18-12-4-3-11(9-12)14(21)20-7-1-2-8-20/h5-6,11-12H,1-4,7-9H2,(H,17,18,19)/t11-,12+/m1/s1. The normalized spacial score (nSPS) is 24.8. The van der Waals surface area contributed by atoms with Crippen molar-refractivity contribution < 1.29 is 4.79 Å². The Labute approximate surface area is 124 Å². The first kappa shape index (κ1) is 13.8. The molecule has 6 nitrogen and oxygen atoms in total. The molecule has 2 atom stereocenters. The van der Waals surface area contributed by atoms with Crippen molar-refractivity contribution in [3.05, 3.63) is 18.0 Å². The molecule has 2 heterocycles. The second-order valence-electron chi connectivity index (χ2n) is 5.76. The smallest absolute Gasteiger partial charge is 0.225 e. The number of likely N-dealkylation sites (tertiary alicyclic amines) is 1. The first-order valence-electron chi connectivity index (χ1n) is 7.55. The summed E-state index contributed by atoms with van der Waals surface area (Å²) < 4.78 is 0. The molecule has 0 spiro atoms. The minimum absolute atomic E-state index is 0.125. The van der Waals surface area contributed by atoms with Crippen LogP contribution < -0.4 is 5.32 Å². The van der Waals surface area contributed by atoms with Crippen molar-refractivity contribution in [3.63, 3.8) is 0 Å². The van der Waals surface area contributed by atoms with Gasteiger partial charge in [0.25, 0.3) is 0 Å². The van der Waals surface area contributed by atoms with Crippen LogP contribution in [0.3, 0.4) is 0 Å². The average Bonchev–Trinajstić information content (AvgIpc) is 3.18. The number of carbonyl (C=O) groups is 1. The van der Waals surface area contributed by atoms with Crippen molar-refractivity contribution in [1.29, 1.82) is 5.26 Å². The lowest BCUT2D eigenvalue weighted by Crippen LogP contribution is -2.33. The van der Waals surface area contributed by atoms with Crippen molar-refractivity contribution in [2.75, 3.05) is 18.4 Å². The molecule has 6 heteroatoms. The Morgan fingerprint density at radius 1 is 1.38 bits per heavy atom. The van der Waals surface area contributed by atoms with E-state index in [0.717, 1.165) is 45.2 Å². The minimum Gasteiger partial charge on any atom is -0.351 e. The largest absolute Gasteiger partial charge is 0.351 e. The van der Waals surface area contributed by atoms with Gasteiger partial charge in [0.15, 0.2) is 0 Å². The topological polar surface area (TPSA) is 81.9 Å². The molecule has 1 amide bonds. The first-order valence-corrected chi connectivity index (χ1v) is 7.55. The lowest BCUT2D eigenvalue weighted by Gasteiger charge is -2.20. The predicted octanol–water partition coefficient (Wildman–Crippen LogP) is 1.55. The van der Waals surface area contributed by atoms with E-state index in [1.807, 2.05) is 11.0 Å². The summed E-state index contributed by atoms with van der Waals surface area (Å²) in [5.74, 6) is 0.913. The van der Waals surface area contributed by atoms with Gasteiger partial charge in [0.1, 0.15) is 11.8 Å². The SMILES string of the molecule is N#Cc1ccnc(N[C@H]2CC[C@@H](C(=O)N3CCCC3)C2)n1. The molecular weight excluding hydrogens is 266 g/mol. The van der Waals surface area contributed by atoms with E-state index in [-0.39, 0.29) is 12.0 Å². The molecule has 0 bridgehead atoms. The zero-order chi connectivity index (χ0) is 14.7. The summed E-state index contributed by atoms with van der Waals surface area (Å²) in [5, 5.41) is 12.1. The van der Waals surface area contributed by atoms with Gasteiger partial charge in [0.05, 0.1) is 0 Å². The lowest BCUT2D eigenvalue weighted by molar-refractivity contribution is -0.134. The summed E-state index contributed by atoms with van der Waals surface area (Å²) in [6.45, 7) is 1.83. The lowest BCUT2D eigenvalue weighted by atomic mass is 10.1. The van der Waals surface area contributed by atoms with E-state index in [2.05, 4.69) is 15.3 Å². The number of anilines is 1. The molecule has 3 rings (SSSR count). The summed E-state index contributed by atoms with van der Waals surface area (Å²) in [5.41, 5.74) is 0.357. The van der Waals surface area contributed by atoms with E-state index in [9.17, 15) is 4.79 Å². The van der Waals surface area contributed by atoms with E-state index in [0.29, 0.717) is 17.5 Å². The second kappa shape index (κ2) is 6.08. The molecule has 1 aromatic rings. The van der Waals surface area contributed by atoms with Crippen LogP contribution in [0.1, 0.15) is 37.8 Å². The third kappa shape index (κ3) is 3.13.